The first-order chi connectivity index (χ1) is 8.13. The Kier molecular flexibility index (Phi) is 4.76. The molecule has 0 unspecified atom stereocenters. The zero-order valence-corrected chi connectivity index (χ0v) is 10.7. The Morgan fingerprint density at radius 2 is 1.82 bits per heavy atom. The highest BCUT2D eigenvalue weighted by Crippen LogP contribution is 2.32. The maximum Gasteiger partial charge on any atom is 0.161 e. The third kappa shape index (κ3) is 3.09. The van der Waals surface area contributed by atoms with Crippen molar-refractivity contribution in [2.45, 2.75) is 13.8 Å². The maximum absolute atomic E-state index is 10.6. The number of methoxy groups -OCH3 is 2. The Morgan fingerprint density at radius 1 is 1.18 bits per heavy atom. The van der Waals surface area contributed by atoms with E-state index in [2.05, 4.69) is 0 Å². The molecule has 3 heteroatoms. The summed E-state index contributed by atoms with van der Waals surface area (Å²) in [5.74, 6) is 1.63. The zero-order chi connectivity index (χ0) is 12.8. The fourth-order valence-corrected chi connectivity index (χ4v) is 1.71. The van der Waals surface area contributed by atoms with Crippen LogP contribution < -0.4 is 9.47 Å². The van der Waals surface area contributed by atoms with Gasteiger partial charge in [0, 0.05) is 0 Å². The van der Waals surface area contributed by atoms with Crippen LogP contribution >= 0.6 is 0 Å². The van der Waals surface area contributed by atoms with Crippen LogP contribution in [0.25, 0.3) is 5.57 Å². The van der Waals surface area contributed by atoms with Crippen LogP contribution in [-0.4, -0.2) is 20.5 Å². The predicted molar refractivity (Wildman–Crippen MR) is 68.4 cm³/mol. The molecule has 1 aromatic rings. The molecule has 0 fully saturated rings. The van der Waals surface area contributed by atoms with E-state index < -0.39 is 0 Å². The van der Waals surface area contributed by atoms with Crippen molar-refractivity contribution in [3.8, 4) is 11.5 Å². The molecule has 3 nitrogen and oxygen atoms in total. The Hall–Kier alpha value is -1.77. The molecule has 0 amide bonds. The fourth-order valence-electron chi connectivity index (χ4n) is 1.71. The summed E-state index contributed by atoms with van der Waals surface area (Å²) in [5.41, 5.74) is 1.96. The van der Waals surface area contributed by atoms with Gasteiger partial charge in [0.05, 0.1) is 14.2 Å². The molecular formula is C14H18O3. The molecule has 0 spiro atoms. The van der Waals surface area contributed by atoms with Crippen molar-refractivity contribution in [1.29, 1.82) is 0 Å². The van der Waals surface area contributed by atoms with Gasteiger partial charge in [-0.2, -0.15) is 0 Å². The lowest BCUT2D eigenvalue weighted by atomic mass is 9.95. The van der Waals surface area contributed by atoms with E-state index in [1.165, 1.54) is 0 Å². The van der Waals surface area contributed by atoms with Gasteiger partial charge in [-0.05, 0) is 35.3 Å². The maximum atomic E-state index is 10.6. The molecule has 1 rings (SSSR count). The highest BCUT2D eigenvalue weighted by Gasteiger charge is 2.10. The van der Waals surface area contributed by atoms with Gasteiger partial charge in [-0.3, -0.25) is 4.79 Å². The standard InChI is InChI=1S/C14H18O3/c1-10(2)12(7-8-15)11-5-6-13(16-3)14(9-11)17-4/h5-10H,1-4H3/b12-7+. The van der Waals surface area contributed by atoms with Gasteiger partial charge in [-0.15, -0.1) is 0 Å². The van der Waals surface area contributed by atoms with E-state index in [1.54, 1.807) is 20.3 Å². The van der Waals surface area contributed by atoms with Gasteiger partial charge in [-0.25, -0.2) is 0 Å². The number of hydrogen-bond donors (Lipinski definition) is 0. The highest BCUT2D eigenvalue weighted by atomic mass is 16.5. The van der Waals surface area contributed by atoms with E-state index in [1.807, 2.05) is 32.0 Å². The van der Waals surface area contributed by atoms with Crippen molar-refractivity contribution >= 4 is 11.9 Å². The minimum absolute atomic E-state index is 0.276. The van der Waals surface area contributed by atoms with E-state index in [4.69, 9.17) is 9.47 Å². The number of carbonyl (C=O) groups excluding carboxylic acids is 1. The van der Waals surface area contributed by atoms with Gasteiger partial charge in [0.1, 0.15) is 6.29 Å². The first-order valence-electron chi connectivity index (χ1n) is 5.51. The Balaban J connectivity index is 3.22. The highest BCUT2D eigenvalue weighted by molar-refractivity contribution is 5.82. The van der Waals surface area contributed by atoms with Crippen molar-refractivity contribution in [2.24, 2.45) is 5.92 Å². The average Bonchev–Trinajstić information content (AvgIpc) is 2.34. The first-order valence-corrected chi connectivity index (χ1v) is 5.51. The van der Waals surface area contributed by atoms with E-state index in [-0.39, 0.29) is 5.92 Å². The summed E-state index contributed by atoms with van der Waals surface area (Å²) in [6.45, 7) is 4.10. The van der Waals surface area contributed by atoms with Crippen LogP contribution in [0, 0.1) is 5.92 Å². The van der Waals surface area contributed by atoms with Crippen LogP contribution in [0.5, 0.6) is 11.5 Å². The second-order valence-electron chi connectivity index (χ2n) is 3.98. The molecule has 0 aliphatic rings. The lowest BCUT2D eigenvalue weighted by molar-refractivity contribution is -0.104. The summed E-state index contributed by atoms with van der Waals surface area (Å²) >= 11 is 0. The van der Waals surface area contributed by atoms with Gasteiger partial charge < -0.3 is 9.47 Å². The Labute approximate surface area is 102 Å². The smallest absolute Gasteiger partial charge is 0.161 e. The van der Waals surface area contributed by atoms with E-state index in [0.29, 0.717) is 11.5 Å². The summed E-state index contributed by atoms with van der Waals surface area (Å²) in [4.78, 5) is 10.6. The number of aldehydes is 1. The van der Waals surface area contributed by atoms with Crippen LogP contribution in [0.15, 0.2) is 24.3 Å². The largest absolute Gasteiger partial charge is 0.493 e. The molecule has 0 heterocycles. The number of benzene rings is 1. The molecule has 0 bridgehead atoms. The second kappa shape index (κ2) is 6.09. The molecule has 0 aliphatic carbocycles. The van der Waals surface area contributed by atoms with Crippen molar-refractivity contribution in [1.82, 2.24) is 0 Å². The number of ether oxygens (including phenoxy) is 2. The third-order valence-corrected chi connectivity index (χ3v) is 2.59. The minimum Gasteiger partial charge on any atom is -0.493 e. The van der Waals surface area contributed by atoms with Gasteiger partial charge in [0.2, 0.25) is 0 Å². The molecular weight excluding hydrogens is 216 g/mol. The third-order valence-electron chi connectivity index (χ3n) is 2.59. The normalized spacial score (nSPS) is 11.5. The Bertz CT molecular complexity index is 419. The molecule has 0 radical (unpaired) electrons. The molecule has 17 heavy (non-hydrogen) atoms. The number of hydrogen-bond acceptors (Lipinski definition) is 3. The average molecular weight is 234 g/mol. The number of carbonyl (C=O) groups is 1. The van der Waals surface area contributed by atoms with Gasteiger partial charge >= 0.3 is 0 Å². The summed E-state index contributed by atoms with van der Waals surface area (Å²) in [5, 5.41) is 0. The predicted octanol–water partition coefficient (Wildman–Crippen LogP) is 2.94. The molecule has 92 valence electrons. The van der Waals surface area contributed by atoms with Crippen LogP contribution in [0.1, 0.15) is 19.4 Å². The minimum atomic E-state index is 0.276. The van der Waals surface area contributed by atoms with Crippen LogP contribution in [-0.2, 0) is 4.79 Å². The van der Waals surface area contributed by atoms with Crippen LogP contribution in [0.4, 0.5) is 0 Å². The van der Waals surface area contributed by atoms with E-state index in [0.717, 1.165) is 17.4 Å². The van der Waals surface area contributed by atoms with Crippen LogP contribution in [0.3, 0.4) is 0 Å². The zero-order valence-electron chi connectivity index (χ0n) is 10.7. The molecule has 1 aromatic carbocycles. The molecule has 0 aromatic heterocycles. The van der Waals surface area contributed by atoms with Gasteiger partial charge in [0.25, 0.3) is 0 Å². The van der Waals surface area contributed by atoms with Crippen molar-refractivity contribution in [3.63, 3.8) is 0 Å². The fraction of sp³-hybridized carbons (Fsp3) is 0.357. The molecule has 0 atom stereocenters. The Morgan fingerprint density at radius 3 is 2.29 bits per heavy atom. The van der Waals surface area contributed by atoms with Gasteiger partial charge in [0.15, 0.2) is 11.5 Å². The quantitative estimate of drug-likeness (QED) is 0.580. The SMILES string of the molecule is COc1ccc(/C(=C/C=O)C(C)C)cc1OC. The lowest BCUT2D eigenvalue weighted by Crippen LogP contribution is -1.97. The molecule has 0 saturated carbocycles. The van der Waals surface area contributed by atoms with Crippen LogP contribution in [0.2, 0.25) is 0 Å². The van der Waals surface area contributed by atoms with Gasteiger partial charge in [-0.1, -0.05) is 19.9 Å². The summed E-state index contributed by atoms with van der Waals surface area (Å²) in [6.07, 6.45) is 2.40. The number of allylic oxidation sites excluding steroid dienone is 2. The molecule has 0 aliphatic heterocycles. The number of rotatable bonds is 5. The van der Waals surface area contributed by atoms with E-state index >= 15 is 0 Å². The van der Waals surface area contributed by atoms with E-state index in [9.17, 15) is 4.79 Å². The summed E-state index contributed by atoms with van der Waals surface area (Å²) < 4.78 is 10.4. The van der Waals surface area contributed by atoms with Crippen molar-refractivity contribution < 1.29 is 14.3 Å². The summed E-state index contributed by atoms with van der Waals surface area (Å²) in [6, 6.07) is 5.65. The van der Waals surface area contributed by atoms with Crippen molar-refractivity contribution in [3.05, 3.63) is 29.8 Å². The monoisotopic (exact) mass is 234 g/mol. The second-order valence-corrected chi connectivity index (χ2v) is 3.98. The topological polar surface area (TPSA) is 35.5 Å². The lowest BCUT2D eigenvalue weighted by Gasteiger charge is -2.14. The first kappa shape index (κ1) is 13.3. The molecule has 0 saturated heterocycles. The van der Waals surface area contributed by atoms with Crippen molar-refractivity contribution in [2.75, 3.05) is 14.2 Å². The molecule has 0 N–H and O–H groups in total. The summed E-state index contributed by atoms with van der Waals surface area (Å²) in [7, 11) is 3.20.